The summed E-state index contributed by atoms with van der Waals surface area (Å²) in [5.41, 5.74) is 2.56. The SMILES string of the molecule is C=N/C(=C\C=N/CCl)c1cc(NC(=O)c2ccc(C(F)F)nc2)ccc1C. The van der Waals surface area contributed by atoms with Crippen LogP contribution in [0.2, 0.25) is 0 Å². The summed E-state index contributed by atoms with van der Waals surface area (Å²) in [6.07, 6.45) is 1.63. The first kappa shape index (κ1) is 20.4. The number of alkyl halides is 3. The van der Waals surface area contributed by atoms with E-state index in [4.69, 9.17) is 11.6 Å². The highest BCUT2D eigenvalue weighted by Crippen LogP contribution is 2.24. The Morgan fingerprint density at radius 2 is 2.15 bits per heavy atom. The number of anilines is 1. The molecule has 0 aliphatic rings. The minimum Gasteiger partial charge on any atom is -0.322 e. The van der Waals surface area contributed by atoms with Gasteiger partial charge in [-0.3, -0.25) is 19.8 Å². The maximum absolute atomic E-state index is 12.6. The van der Waals surface area contributed by atoms with Crippen LogP contribution in [0, 0.1) is 6.92 Å². The Morgan fingerprint density at radius 3 is 2.74 bits per heavy atom. The van der Waals surface area contributed by atoms with Crippen molar-refractivity contribution in [3.8, 4) is 0 Å². The number of aryl methyl sites for hydroxylation is 1. The van der Waals surface area contributed by atoms with Crippen LogP contribution in [0.25, 0.3) is 5.70 Å². The molecular formula is C19H17ClF2N4O. The molecule has 0 saturated heterocycles. The van der Waals surface area contributed by atoms with Crippen LogP contribution >= 0.6 is 11.6 Å². The lowest BCUT2D eigenvalue weighted by Gasteiger charge is -2.10. The van der Waals surface area contributed by atoms with Crippen molar-refractivity contribution in [3.05, 3.63) is 65.0 Å². The Kier molecular flexibility index (Phi) is 7.31. The van der Waals surface area contributed by atoms with Crippen LogP contribution in [0.15, 0.2) is 52.6 Å². The number of amides is 1. The van der Waals surface area contributed by atoms with Crippen molar-refractivity contribution < 1.29 is 13.6 Å². The molecule has 8 heteroatoms. The standard InChI is InChI=1S/C19H17ClF2N4O/c1-12-3-5-14(9-15(12)16(23-2)7-8-24-11-20)26-19(27)13-4-6-17(18(21)22)25-10-13/h3-10,18H,2,11H2,1H3,(H,26,27)/b16-7-,24-8-. The first-order chi connectivity index (χ1) is 13.0. The Balaban J connectivity index is 2.24. The van der Waals surface area contributed by atoms with Gasteiger partial charge in [-0.2, -0.15) is 0 Å². The maximum atomic E-state index is 12.6. The molecule has 0 bridgehead atoms. The predicted molar refractivity (Wildman–Crippen MR) is 105 cm³/mol. The quantitative estimate of drug-likeness (QED) is 0.415. The minimum absolute atomic E-state index is 0.133. The third kappa shape index (κ3) is 5.52. The lowest BCUT2D eigenvalue weighted by atomic mass is 10.0. The summed E-state index contributed by atoms with van der Waals surface area (Å²) in [4.78, 5) is 23.8. The molecule has 0 radical (unpaired) electrons. The van der Waals surface area contributed by atoms with Gasteiger partial charge >= 0.3 is 0 Å². The molecule has 0 aliphatic heterocycles. The van der Waals surface area contributed by atoms with Gasteiger partial charge in [0.2, 0.25) is 0 Å². The van der Waals surface area contributed by atoms with E-state index in [1.807, 2.05) is 13.0 Å². The van der Waals surface area contributed by atoms with Gasteiger partial charge in [-0.25, -0.2) is 8.78 Å². The van der Waals surface area contributed by atoms with E-state index in [0.717, 1.165) is 23.4 Å². The number of hydrogen-bond acceptors (Lipinski definition) is 4. The molecule has 1 amide bonds. The van der Waals surface area contributed by atoms with E-state index in [-0.39, 0.29) is 17.3 Å². The number of allylic oxidation sites excluding steroid dienone is 1. The predicted octanol–water partition coefficient (Wildman–Crippen LogP) is 4.89. The van der Waals surface area contributed by atoms with Gasteiger partial charge < -0.3 is 5.32 Å². The number of aliphatic imine (C=N–C) groups is 2. The Hall–Kier alpha value is -2.93. The smallest absolute Gasteiger partial charge is 0.280 e. The van der Waals surface area contributed by atoms with E-state index in [9.17, 15) is 13.6 Å². The van der Waals surface area contributed by atoms with Gasteiger partial charge in [0, 0.05) is 23.7 Å². The molecule has 1 heterocycles. The largest absolute Gasteiger partial charge is 0.322 e. The summed E-state index contributed by atoms with van der Waals surface area (Å²) in [5.74, 6) is -0.459. The topological polar surface area (TPSA) is 66.7 Å². The van der Waals surface area contributed by atoms with Crippen molar-refractivity contribution in [1.29, 1.82) is 0 Å². The lowest BCUT2D eigenvalue weighted by molar-refractivity contribution is 0.102. The van der Waals surface area contributed by atoms with Crippen molar-refractivity contribution in [2.75, 3.05) is 11.3 Å². The molecule has 1 aromatic carbocycles. The van der Waals surface area contributed by atoms with E-state index < -0.39 is 12.3 Å². The van der Waals surface area contributed by atoms with E-state index in [2.05, 4.69) is 27.0 Å². The average molecular weight is 391 g/mol. The molecule has 27 heavy (non-hydrogen) atoms. The molecule has 0 saturated carbocycles. The second-order valence-electron chi connectivity index (χ2n) is 5.42. The van der Waals surface area contributed by atoms with Crippen LogP contribution in [0.1, 0.15) is 33.6 Å². The minimum atomic E-state index is -2.68. The fourth-order valence-corrected chi connectivity index (χ4v) is 2.32. The van der Waals surface area contributed by atoms with E-state index in [1.165, 1.54) is 12.3 Å². The van der Waals surface area contributed by atoms with Crippen LogP contribution in [-0.4, -0.2) is 29.8 Å². The molecule has 0 atom stereocenters. The Bertz CT molecular complexity index is 880. The van der Waals surface area contributed by atoms with Crippen LogP contribution in [0.5, 0.6) is 0 Å². The van der Waals surface area contributed by atoms with Gasteiger partial charge in [0.1, 0.15) is 11.7 Å². The second-order valence-corrected chi connectivity index (χ2v) is 5.66. The van der Waals surface area contributed by atoms with E-state index in [1.54, 1.807) is 18.2 Å². The van der Waals surface area contributed by atoms with Crippen LogP contribution in [0.3, 0.4) is 0 Å². The molecule has 0 fully saturated rings. The summed E-state index contributed by atoms with van der Waals surface area (Å²) in [5, 5.41) is 2.71. The summed E-state index contributed by atoms with van der Waals surface area (Å²) < 4.78 is 25.1. The van der Waals surface area contributed by atoms with Gasteiger partial charge in [0.25, 0.3) is 12.3 Å². The molecule has 0 spiro atoms. The zero-order chi connectivity index (χ0) is 19.8. The fourth-order valence-electron chi connectivity index (χ4n) is 2.24. The van der Waals surface area contributed by atoms with Crippen molar-refractivity contribution in [3.63, 3.8) is 0 Å². The Labute approximate surface area is 160 Å². The second kappa shape index (κ2) is 9.68. The summed E-state index contributed by atoms with van der Waals surface area (Å²) in [7, 11) is 0. The fraction of sp³-hybridized carbons (Fsp3) is 0.158. The summed E-state index contributed by atoms with van der Waals surface area (Å²) in [6.45, 7) is 5.44. The van der Waals surface area contributed by atoms with Gasteiger partial charge in [0.15, 0.2) is 0 Å². The summed E-state index contributed by atoms with van der Waals surface area (Å²) in [6, 6.07) is 7.85. The molecule has 0 unspecified atom stereocenters. The molecule has 1 N–H and O–H groups in total. The number of nitrogens with one attached hydrogen (secondary N) is 1. The maximum Gasteiger partial charge on any atom is 0.280 e. The molecular weight excluding hydrogens is 374 g/mol. The highest BCUT2D eigenvalue weighted by atomic mass is 35.5. The first-order valence-corrected chi connectivity index (χ1v) is 8.39. The molecule has 0 aliphatic carbocycles. The monoisotopic (exact) mass is 390 g/mol. The van der Waals surface area contributed by atoms with Gasteiger partial charge in [-0.15, -0.1) is 11.6 Å². The zero-order valence-electron chi connectivity index (χ0n) is 14.5. The van der Waals surface area contributed by atoms with Crippen LogP contribution < -0.4 is 5.32 Å². The van der Waals surface area contributed by atoms with E-state index in [0.29, 0.717) is 11.4 Å². The summed E-state index contributed by atoms with van der Waals surface area (Å²) >= 11 is 5.51. The van der Waals surface area contributed by atoms with E-state index >= 15 is 0 Å². The average Bonchev–Trinajstić information content (AvgIpc) is 2.67. The normalized spacial score (nSPS) is 11.8. The third-order valence-electron chi connectivity index (χ3n) is 3.62. The number of rotatable bonds is 7. The number of halogens is 3. The number of aromatic nitrogens is 1. The number of benzene rings is 1. The number of nitrogens with zero attached hydrogens (tertiary/aromatic N) is 3. The first-order valence-electron chi connectivity index (χ1n) is 7.85. The highest BCUT2D eigenvalue weighted by Gasteiger charge is 2.12. The third-order valence-corrected chi connectivity index (χ3v) is 3.76. The number of hydrogen-bond donors (Lipinski definition) is 1. The van der Waals surface area contributed by atoms with Crippen molar-refractivity contribution in [2.45, 2.75) is 13.3 Å². The lowest BCUT2D eigenvalue weighted by Crippen LogP contribution is -2.12. The Morgan fingerprint density at radius 1 is 1.37 bits per heavy atom. The number of carbonyl (C=O) groups is 1. The zero-order valence-corrected chi connectivity index (χ0v) is 15.3. The highest BCUT2D eigenvalue weighted by molar-refractivity contribution is 6.18. The van der Waals surface area contributed by atoms with Gasteiger partial charge in [-0.1, -0.05) is 6.07 Å². The molecule has 140 valence electrons. The molecule has 2 rings (SSSR count). The molecule has 2 aromatic rings. The van der Waals surface area contributed by atoms with Crippen LogP contribution in [0.4, 0.5) is 14.5 Å². The number of pyridine rings is 1. The van der Waals surface area contributed by atoms with Crippen molar-refractivity contribution >= 4 is 41.8 Å². The van der Waals surface area contributed by atoms with Gasteiger partial charge in [0.05, 0.1) is 11.3 Å². The number of carbonyl (C=O) groups excluding carboxylic acids is 1. The van der Waals surface area contributed by atoms with Crippen molar-refractivity contribution in [2.24, 2.45) is 9.98 Å². The molecule has 1 aromatic heterocycles. The van der Waals surface area contributed by atoms with Crippen molar-refractivity contribution in [1.82, 2.24) is 4.98 Å². The molecule has 5 nitrogen and oxygen atoms in total. The van der Waals surface area contributed by atoms with Crippen LogP contribution in [-0.2, 0) is 0 Å². The van der Waals surface area contributed by atoms with Gasteiger partial charge in [-0.05, 0) is 49.5 Å².